The normalized spacial score (nSPS) is 10.7. The predicted molar refractivity (Wildman–Crippen MR) is 123 cm³/mol. The number of hydrogen-bond donors (Lipinski definition) is 2. The molecular formula is C24H18FN3O2S. The van der Waals surface area contributed by atoms with Crippen LogP contribution >= 0.6 is 12.8 Å². The van der Waals surface area contributed by atoms with Gasteiger partial charge in [0, 0.05) is 36.7 Å². The molecule has 1 aromatic heterocycles. The smallest absolute Gasteiger partial charge is 0.255 e. The lowest BCUT2D eigenvalue weighted by Gasteiger charge is -2.16. The Morgan fingerprint density at radius 3 is 2.32 bits per heavy atom. The number of furan rings is 1. The molecule has 0 aliphatic rings. The van der Waals surface area contributed by atoms with Crippen LogP contribution in [0.4, 0.5) is 10.1 Å². The third-order valence-electron chi connectivity index (χ3n) is 5.04. The molecular weight excluding hydrogens is 413 g/mol. The lowest BCUT2D eigenvalue weighted by molar-refractivity contribution is 0.0964. The first-order valence-electron chi connectivity index (χ1n) is 9.44. The lowest BCUT2D eigenvalue weighted by atomic mass is 9.98. The number of benzene rings is 3. The van der Waals surface area contributed by atoms with Crippen LogP contribution in [0.1, 0.15) is 15.9 Å². The quantitative estimate of drug-likeness (QED) is 0.424. The Morgan fingerprint density at radius 2 is 1.74 bits per heavy atom. The van der Waals surface area contributed by atoms with E-state index in [1.807, 2.05) is 24.3 Å². The number of halogens is 1. The van der Waals surface area contributed by atoms with Crippen LogP contribution in [0, 0.1) is 17.1 Å². The summed E-state index contributed by atoms with van der Waals surface area (Å²) in [5.41, 5.74) is 4.48. The van der Waals surface area contributed by atoms with E-state index in [0.717, 1.165) is 16.8 Å². The molecule has 0 unspecified atom stereocenters. The van der Waals surface area contributed by atoms with Gasteiger partial charge in [-0.15, -0.1) is 0 Å². The van der Waals surface area contributed by atoms with Crippen molar-refractivity contribution in [3.05, 3.63) is 77.6 Å². The highest BCUT2D eigenvalue weighted by atomic mass is 32.1. The number of anilines is 1. The van der Waals surface area contributed by atoms with Gasteiger partial charge in [-0.25, -0.2) is 4.39 Å². The van der Waals surface area contributed by atoms with Gasteiger partial charge in [-0.05, 0) is 48.0 Å². The molecule has 0 aliphatic heterocycles. The monoisotopic (exact) mass is 431 g/mol. The lowest BCUT2D eigenvalue weighted by Crippen LogP contribution is -2.18. The van der Waals surface area contributed by atoms with Gasteiger partial charge in [0.2, 0.25) is 0 Å². The van der Waals surface area contributed by atoms with E-state index in [2.05, 4.69) is 24.2 Å². The van der Waals surface area contributed by atoms with Gasteiger partial charge in [0.1, 0.15) is 17.2 Å². The van der Waals surface area contributed by atoms with Gasteiger partial charge >= 0.3 is 0 Å². The van der Waals surface area contributed by atoms with Gasteiger partial charge in [-0.2, -0.15) is 5.26 Å². The molecule has 0 spiro atoms. The maximum Gasteiger partial charge on any atom is 0.255 e. The average molecular weight is 431 g/mol. The molecule has 7 heteroatoms. The fourth-order valence-electron chi connectivity index (χ4n) is 3.51. The molecule has 0 saturated heterocycles. The van der Waals surface area contributed by atoms with Crippen LogP contribution in [0.2, 0.25) is 0 Å². The first-order valence-corrected chi connectivity index (χ1v) is 9.84. The zero-order valence-corrected chi connectivity index (χ0v) is 17.7. The van der Waals surface area contributed by atoms with Crippen LogP contribution in [-0.4, -0.2) is 20.0 Å². The maximum absolute atomic E-state index is 13.4. The van der Waals surface area contributed by atoms with Crippen LogP contribution in [0.3, 0.4) is 0 Å². The SMILES string of the molecule is CNC(=O)c1c(-c2ccc(F)cc2)oc2cc(N(C)S)c(-c3ccc(C#N)cc3)cc12. The highest BCUT2D eigenvalue weighted by Crippen LogP contribution is 2.41. The van der Waals surface area contributed by atoms with E-state index in [1.165, 1.54) is 12.1 Å². The molecule has 0 saturated carbocycles. The molecule has 0 fully saturated rings. The van der Waals surface area contributed by atoms with Crippen molar-refractivity contribution in [1.29, 1.82) is 5.26 Å². The molecule has 0 radical (unpaired) electrons. The van der Waals surface area contributed by atoms with Gasteiger partial charge in [0.25, 0.3) is 5.91 Å². The van der Waals surface area contributed by atoms with Crippen LogP contribution in [0.15, 0.2) is 65.1 Å². The minimum Gasteiger partial charge on any atom is -0.455 e. The Balaban J connectivity index is 2.01. The number of hydrogen-bond acceptors (Lipinski definition) is 5. The summed E-state index contributed by atoms with van der Waals surface area (Å²) >= 11 is 4.46. The highest BCUT2D eigenvalue weighted by Gasteiger charge is 2.24. The molecule has 0 atom stereocenters. The third-order valence-corrected chi connectivity index (χ3v) is 5.26. The Labute approximate surface area is 184 Å². The summed E-state index contributed by atoms with van der Waals surface area (Å²) < 4.78 is 21.2. The minimum absolute atomic E-state index is 0.309. The first-order chi connectivity index (χ1) is 14.9. The van der Waals surface area contributed by atoms with Gasteiger partial charge in [-0.1, -0.05) is 24.9 Å². The Bertz CT molecular complexity index is 1320. The first kappa shape index (κ1) is 20.5. The number of amides is 1. The zero-order chi connectivity index (χ0) is 22.1. The molecule has 154 valence electrons. The largest absolute Gasteiger partial charge is 0.455 e. The van der Waals surface area contributed by atoms with Crippen molar-refractivity contribution in [2.24, 2.45) is 0 Å². The standard InChI is InChI=1S/C24H18FN3O2S/c1-27-24(29)22-19-11-18(15-5-3-14(13-26)4-6-15)20(28(2)31)12-21(19)30-23(22)16-7-9-17(25)10-8-16/h3-12,31H,1-2H3,(H,27,29). The van der Waals surface area contributed by atoms with Crippen LogP contribution in [0.5, 0.6) is 0 Å². The highest BCUT2D eigenvalue weighted by molar-refractivity contribution is 7.81. The summed E-state index contributed by atoms with van der Waals surface area (Å²) in [4.78, 5) is 12.8. The number of carbonyl (C=O) groups excluding carboxylic acids is 1. The Kier molecular flexibility index (Phi) is 5.40. The minimum atomic E-state index is -0.372. The van der Waals surface area contributed by atoms with Crippen molar-refractivity contribution in [1.82, 2.24) is 5.32 Å². The Hall–Kier alpha value is -3.76. The van der Waals surface area contributed by atoms with Crippen molar-refractivity contribution in [3.63, 3.8) is 0 Å². The number of rotatable bonds is 4. The molecule has 1 amide bonds. The summed E-state index contributed by atoms with van der Waals surface area (Å²) in [6.07, 6.45) is 0. The van der Waals surface area contributed by atoms with Crippen molar-refractivity contribution in [3.8, 4) is 28.5 Å². The number of nitriles is 1. The number of nitrogens with zero attached hydrogens (tertiary/aromatic N) is 2. The molecule has 3 aromatic carbocycles. The van der Waals surface area contributed by atoms with E-state index >= 15 is 0 Å². The van der Waals surface area contributed by atoms with Crippen LogP contribution < -0.4 is 9.62 Å². The van der Waals surface area contributed by atoms with E-state index in [9.17, 15) is 9.18 Å². The molecule has 1 heterocycles. The second-order valence-corrected chi connectivity index (χ2v) is 7.57. The number of carbonyl (C=O) groups is 1. The fraction of sp³-hybridized carbons (Fsp3) is 0.0833. The van der Waals surface area contributed by atoms with E-state index in [-0.39, 0.29) is 11.7 Å². The molecule has 0 bridgehead atoms. The summed E-state index contributed by atoms with van der Waals surface area (Å²) in [6.45, 7) is 0. The average Bonchev–Trinajstić information content (AvgIpc) is 3.16. The number of fused-ring (bicyclic) bond motifs is 1. The van der Waals surface area contributed by atoms with Crippen molar-refractivity contribution >= 4 is 35.4 Å². The van der Waals surface area contributed by atoms with Gasteiger partial charge in [0.05, 0.1) is 22.9 Å². The van der Waals surface area contributed by atoms with Gasteiger partial charge in [0.15, 0.2) is 0 Å². The maximum atomic E-state index is 13.4. The second kappa shape index (κ2) is 8.17. The molecule has 1 N–H and O–H groups in total. The van der Waals surface area contributed by atoms with E-state index < -0.39 is 0 Å². The molecule has 5 nitrogen and oxygen atoms in total. The van der Waals surface area contributed by atoms with Gasteiger partial charge in [-0.3, -0.25) is 4.79 Å². The van der Waals surface area contributed by atoms with E-state index in [1.54, 1.807) is 42.7 Å². The van der Waals surface area contributed by atoms with E-state index in [0.29, 0.717) is 33.4 Å². The summed E-state index contributed by atoms with van der Waals surface area (Å²) in [5.74, 6) is -0.321. The van der Waals surface area contributed by atoms with Crippen molar-refractivity contribution in [2.75, 3.05) is 18.4 Å². The molecule has 4 aromatic rings. The number of thiol groups is 1. The van der Waals surface area contributed by atoms with Crippen molar-refractivity contribution in [2.45, 2.75) is 0 Å². The molecule has 0 aliphatic carbocycles. The van der Waals surface area contributed by atoms with E-state index in [4.69, 9.17) is 9.68 Å². The van der Waals surface area contributed by atoms with Crippen LogP contribution in [-0.2, 0) is 0 Å². The zero-order valence-electron chi connectivity index (χ0n) is 16.8. The molecule has 31 heavy (non-hydrogen) atoms. The summed E-state index contributed by atoms with van der Waals surface area (Å²) in [7, 11) is 3.34. The fourth-order valence-corrected chi connectivity index (χ4v) is 3.68. The third kappa shape index (κ3) is 3.74. The topological polar surface area (TPSA) is 69.3 Å². The van der Waals surface area contributed by atoms with Crippen LogP contribution in [0.25, 0.3) is 33.4 Å². The second-order valence-electron chi connectivity index (χ2n) is 6.97. The summed E-state index contributed by atoms with van der Waals surface area (Å²) in [6, 6.07) is 18.8. The Morgan fingerprint density at radius 1 is 1.10 bits per heavy atom. The summed E-state index contributed by atoms with van der Waals surface area (Å²) in [5, 5.41) is 12.4. The number of nitrogens with one attached hydrogen (secondary N) is 1. The predicted octanol–water partition coefficient (Wildman–Crippen LogP) is 5.42. The van der Waals surface area contributed by atoms with Gasteiger partial charge < -0.3 is 14.0 Å². The van der Waals surface area contributed by atoms with Crippen molar-refractivity contribution < 1.29 is 13.6 Å². The molecule has 4 rings (SSSR count).